The van der Waals surface area contributed by atoms with Crippen molar-refractivity contribution in [1.82, 2.24) is 0 Å². The van der Waals surface area contributed by atoms with Crippen molar-refractivity contribution in [3.8, 4) is 0 Å². The molecule has 1 unspecified atom stereocenters. The predicted molar refractivity (Wildman–Crippen MR) is 69.9 cm³/mol. The molecule has 0 bridgehead atoms. The molecular formula is C12H13Cl2NO2. The Hall–Kier alpha value is -1.06. The first-order valence-corrected chi connectivity index (χ1v) is 5.94. The minimum Gasteiger partial charge on any atom is -0.304 e. The van der Waals surface area contributed by atoms with Crippen LogP contribution in [0.4, 0.5) is 5.69 Å². The molecule has 0 aromatic heterocycles. The molecule has 0 radical (unpaired) electrons. The van der Waals surface area contributed by atoms with E-state index in [0.29, 0.717) is 17.0 Å². The number of aldehydes is 1. The number of hydrogen-bond donors (Lipinski definition) is 0. The first-order chi connectivity index (χ1) is 7.97. The van der Waals surface area contributed by atoms with Gasteiger partial charge in [0.25, 0.3) is 0 Å². The lowest BCUT2D eigenvalue weighted by atomic mass is 10.1. The van der Waals surface area contributed by atoms with E-state index < -0.39 is 5.38 Å². The largest absolute Gasteiger partial charge is 0.304 e. The monoisotopic (exact) mass is 273 g/mol. The molecule has 0 saturated carbocycles. The molecule has 1 amide bonds. The molecule has 0 aliphatic heterocycles. The van der Waals surface area contributed by atoms with Crippen LogP contribution in [0.25, 0.3) is 0 Å². The highest BCUT2D eigenvalue weighted by Gasteiger charge is 2.21. The average Bonchev–Trinajstić information content (AvgIpc) is 2.28. The summed E-state index contributed by atoms with van der Waals surface area (Å²) in [6.07, 6.45) is 0.664. The number of alkyl halides is 1. The van der Waals surface area contributed by atoms with Gasteiger partial charge in [-0.2, -0.15) is 0 Å². The van der Waals surface area contributed by atoms with Crippen LogP contribution in [0.1, 0.15) is 12.5 Å². The maximum Gasteiger partial charge on any atom is 0.245 e. The van der Waals surface area contributed by atoms with Gasteiger partial charge in [0.2, 0.25) is 5.91 Å². The number of anilines is 1. The van der Waals surface area contributed by atoms with E-state index in [1.165, 1.54) is 4.90 Å². The fourth-order valence-electron chi connectivity index (χ4n) is 1.47. The van der Waals surface area contributed by atoms with Crippen molar-refractivity contribution in [1.29, 1.82) is 0 Å². The van der Waals surface area contributed by atoms with E-state index in [1.54, 1.807) is 25.1 Å². The van der Waals surface area contributed by atoms with E-state index in [9.17, 15) is 9.59 Å². The third-order valence-electron chi connectivity index (χ3n) is 2.33. The second-order valence-electron chi connectivity index (χ2n) is 3.66. The first-order valence-electron chi connectivity index (χ1n) is 5.12. The summed E-state index contributed by atoms with van der Waals surface area (Å²) in [5.41, 5.74) is 1.48. The third kappa shape index (κ3) is 3.45. The smallest absolute Gasteiger partial charge is 0.245 e. The quantitative estimate of drug-likeness (QED) is 0.625. The molecule has 0 aliphatic carbocycles. The van der Waals surface area contributed by atoms with Crippen molar-refractivity contribution in [2.75, 3.05) is 11.4 Å². The van der Waals surface area contributed by atoms with Crippen LogP contribution in [0.3, 0.4) is 0 Å². The molecule has 5 heteroatoms. The highest BCUT2D eigenvalue weighted by molar-refractivity contribution is 6.33. The lowest BCUT2D eigenvalue weighted by Crippen LogP contribution is -2.37. The van der Waals surface area contributed by atoms with Gasteiger partial charge in [0.1, 0.15) is 11.7 Å². The van der Waals surface area contributed by atoms with E-state index in [-0.39, 0.29) is 12.5 Å². The number of rotatable bonds is 4. The van der Waals surface area contributed by atoms with Crippen LogP contribution in [0, 0.1) is 6.92 Å². The van der Waals surface area contributed by atoms with Gasteiger partial charge in [-0.1, -0.05) is 17.7 Å². The number of nitrogens with zero attached hydrogens (tertiary/aromatic N) is 1. The van der Waals surface area contributed by atoms with Crippen LogP contribution >= 0.6 is 23.2 Å². The molecule has 0 aliphatic rings. The van der Waals surface area contributed by atoms with Crippen molar-refractivity contribution in [3.05, 3.63) is 28.8 Å². The molecule has 1 aromatic rings. The fourth-order valence-corrected chi connectivity index (χ4v) is 1.75. The molecule has 0 saturated heterocycles. The number of amides is 1. The van der Waals surface area contributed by atoms with Gasteiger partial charge in [0.15, 0.2) is 0 Å². The minimum absolute atomic E-state index is 0.0307. The molecule has 0 spiro atoms. The van der Waals surface area contributed by atoms with Crippen LogP contribution in [0.5, 0.6) is 0 Å². The number of carbonyl (C=O) groups is 2. The molecule has 0 heterocycles. The highest BCUT2D eigenvalue weighted by atomic mass is 35.5. The Bertz CT molecular complexity index is 433. The standard InChI is InChI=1S/C12H13Cl2NO2/c1-8-3-4-10(14)7-11(8)15(5-6-16)12(17)9(2)13/h3-4,6-7,9H,5H2,1-2H3. The van der Waals surface area contributed by atoms with Gasteiger partial charge in [-0.05, 0) is 31.5 Å². The lowest BCUT2D eigenvalue weighted by Gasteiger charge is -2.23. The SMILES string of the molecule is Cc1ccc(Cl)cc1N(CC=O)C(=O)C(C)Cl. The first kappa shape index (κ1) is 14.0. The van der Waals surface area contributed by atoms with E-state index in [2.05, 4.69) is 0 Å². The number of hydrogen-bond acceptors (Lipinski definition) is 2. The molecule has 0 fully saturated rings. The molecule has 0 N–H and O–H groups in total. The van der Waals surface area contributed by atoms with E-state index in [4.69, 9.17) is 23.2 Å². The van der Waals surface area contributed by atoms with Crippen LogP contribution in [-0.2, 0) is 9.59 Å². The Labute approximate surface area is 110 Å². The summed E-state index contributed by atoms with van der Waals surface area (Å²) in [5, 5.41) is -0.176. The van der Waals surface area contributed by atoms with Gasteiger partial charge < -0.3 is 9.69 Å². The maximum absolute atomic E-state index is 11.9. The van der Waals surface area contributed by atoms with Gasteiger partial charge in [-0.25, -0.2) is 0 Å². The molecule has 17 heavy (non-hydrogen) atoms. The van der Waals surface area contributed by atoms with Gasteiger partial charge in [-0.15, -0.1) is 11.6 Å². The van der Waals surface area contributed by atoms with Gasteiger partial charge in [-0.3, -0.25) is 4.79 Å². The minimum atomic E-state index is -0.687. The normalized spacial score (nSPS) is 12.0. The van der Waals surface area contributed by atoms with Crippen molar-refractivity contribution in [2.24, 2.45) is 0 Å². The Morgan fingerprint density at radius 3 is 2.71 bits per heavy atom. The second-order valence-corrected chi connectivity index (χ2v) is 4.75. The average molecular weight is 274 g/mol. The van der Waals surface area contributed by atoms with Gasteiger partial charge >= 0.3 is 0 Å². The summed E-state index contributed by atoms with van der Waals surface area (Å²) >= 11 is 11.6. The third-order valence-corrected chi connectivity index (χ3v) is 2.75. The topological polar surface area (TPSA) is 37.4 Å². The van der Waals surface area contributed by atoms with Crippen LogP contribution < -0.4 is 4.90 Å². The summed E-state index contributed by atoms with van der Waals surface area (Å²) in [7, 11) is 0. The van der Waals surface area contributed by atoms with E-state index >= 15 is 0 Å². The molecule has 1 rings (SSSR count). The Morgan fingerprint density at radius 2 is 2.18 bits per heavy atom. The molecule has 92 valence electrons. The van der Waals surface area contributed by atoms with E-state index in [0.717, 1.165) is 5.56 Å². The number of carbonyl (C=O) groups excluding carboxylic acids is 2. The number of halogens is 2. The molecule has 1 aromatic carbocycles. The summed E-state index contributed by atoms with van der Waals surface area (Å²) < 4.78 is 0. The van der Waals surface area contributed by atoms with Crippen LogP contribution in [0.15, 0.2) is 18.2 Å². The Morgan fingerprint density at radius 1 is 1.53 bits per heavy atom. The summed E-state index contributed by atoms with van der Waals surface area (Å²) in [6.45, 7) is 3.38. The Balaban J connectivity index is 3.17. The predicted octanol–water partition coefficient (Wildman–Crippen LogP) is 2.81. The number of aryl methyl sites for hydroxylation is 1. The highest BCUT2D eigenvalue weighted by Crippen LogP contribution is 2.25. The maximum atomic E-state index is 11.9. The van der Waals surface area contributed by atoms with E-state index in [1.807, 2.05) is 6.92 Å². The summed E-state index contributed by atoms with van der Waals surface area (Å²) in [5.74, 6) is -0.316. The molecule has 3 nitrogen and oxygen atoms in total. The number of benzene rings is 1. The fraction of sp³-hybridized carbons (Fsp3) is 0.333. The second kappa shape index (κ2) is 6.03. The zero-order chi connectivity index (χ0) is 13.0. The van der Waals surface area contributed by atoms with Crippen molar-refractivity contribution in [3.63, 3.8) is 0 Å². The zero-order valence-corrected chi connectivity index (χ0v) is 11.1. The van der Waals surface area contributed by atoms with Gasteiger partial charge in [0.05, 0.1) is 6.54 Å². The summed E-state index contributed by atoms with van der Waals surface area (Å²) in [4.78, 5) is 23.9. The van der Waals surface area contributed by atoms with Crippen molar-refractivity contribution in [2.45, 2.75) is 19.2 Å². The van der Waals surface area contributed by atoms with Crippen LogP contribution in [0.2, 0.25) is 5.02 Å². The van der Waals surface area contributed by atoms with Crippen molar-refractivity contribution >= 4 is 41.1 Å². The lowest BCUT2D eigenvalue weighted by molar-refractivity contribution is -0.119. The van der Waals surface area contributed by atoms with Crippen LogP contribution in [-0.4, -0.2) is 24.1 Å². The Kier molecular flexibility index (Phi) is 4.97. The van der Waals surface area contributed by atoms with Crippen molar-refractivity contribution < 1.29 is 9.59 Å². The zero-order valence-electron chi connectivity index (χ0n) is 9.61. The molecular weight excluding hydrogens is 261 g/mol. The summed E-state index contributed by atoms with van der Waals surface area (Å²) in [6, 6.07) is 5.17. The van der Waals surface area contributed by atoms with Gasteiger partial charge in [0, 0.05) is 10.7 Å². The molecule has 1 atom stereocenters.